The number of carbonyl (C=O) groups is 1. The maximum atomic E-state index is 12.1. The van der Waals surface area contributed by atoms with Crippen molar-refractivity contribution in [2.24, 2.45) is 0 Å². The van der Waals surface area contributed by atoms with Crippen LogP contribution < -0.4 is 0 Å². The second-order valence-electron chi connectivity index (χ2n) is 3.35. The summed E-state index contributed by atoms with van der Waals surface area (Å²) in [4.78, 5) is 17.9. The number of aromatic nitrogens is 1. The number of ether oxygens (including phenoxy) is 1. The fourth-order valence-electron chi connectivity index (χ4n) is 1.51. The smallest absolute Gasteiger partial charge is 0.275 e. The highest BCUT2D eigenvalue weighted by molar-refractivity contribution is 9.11. The van der Waals surface area contributed by atoms with Crippen LogP contribution in [0.1, 0.15) is 16.9 Å². The zero-order chi connectivity index (χ0) is 11.5. The monoisotopic (exact) mass is 324 g/mol. The molecule has 0 spiro atoms. The van der Waals surface area contributed by atoms with Crippen molar-refractivity contribution in [3.63, 3.8) is 0 Å². The Balaban J connectivity index is 2.14. The summed E-state index contributed by atoms with van der Waals surface area (Å²) in [6.45, 7) is 2.58. The number of rotatable bonds is 1. The maximum Gasteiger partial charge on any atom is 0.275 e. The molecule has 0 aliphatic carbocycles. The number of nitrogens with zero attached hydrogens (tertiary/aromatic N) is 2. The average molecular weight is 326 g/mol. The molecule has 0 bridgehead atoms. The van der Waals surface area contributed by atoms with E-state index in [-0.39, 0.29) is 5.91 Å². The zero-order valence-corrected chi connectivity index (χ0v) is 11.6. The third kappa shape index (κ3) is 2.74. The average Bonchev–Trinajstić information content (AvgIpc) is 2.49. The van der Waals surface area contributed by atoms with Crippen LogP contribution in [0.4, 0.5) is 0 Å². The standard InChI is InChI=1S/C9H10BrClN2O2S/c10-9-12-6(7(11)16-9)8(14)13-2-1-4-15-5-3-13/h1-5H2. The van der Waals surface area contributed by atoms with Crippen LogP contribution in [0.2, 0.25) is 4.34 Å². The van der Waals surface area contributed by atoms with E-state index in [1.165, 1.54) is 11.3 Å². The molecule has 1 aliphatic rings. The van der Waals surface area contributed by atoms with Crippen LogP contribution in [-0.4, -0.2) is 42.1 Å². The van der Waals surface area contributed by atoms with Gasteiger partial charge in [0.05, 0.1) is 6.61 Å². The first-order valence-corrected chi connectivity index (χ1v) is 6.86. The first-order chi connectivity index (χ1) is 7.68. The van der Waals surface area contributed by atoms with Gasteiger partial charge in [-0.1, -0.05) is 22.9 Å². The number of hydrogen-bond donors (Lipinski definition) is 0. The van der Waals surface area contributed by atoms with Crippen LogP contribution in [0.5, 0.6) is 0 Å². The maximum absolute atomic E-state index is 12.1. The van der Waals surface area contributed by atoms with Crippen LogP contribution in [0.15, 0.2) is 3.92 Å². The summed E-state index contributed by atoms with van der Waals surface area (Å²) in [5.41, 5.74) is 0.334. The van der Waals surface area contributed by atoms with E-state index in [1.807, 2.05) is 0 Å². The van der Waals surface area contributed by atoms with Crippen LogP contribution in [0.3, 0.4) is 0 Å². The van der Waals surface area contributed by atoms with Gasteiger partial charge in [-0.25, -0.2) is 4.98 Å². The Hall–Kier alpha value is -0.170. The minimum Gasteiger partial charge on any atom is -0.380 e. The summed E-state index contributed by atoms with van der Waals surface area (Å²) in [5.74, 6) is -0.113. The molecule has 0 radical (unpaired) electrons. The molecule has 88 valence electrons. The molecule has 1 fully saturated rings. The lowest BCUT2D eigenvalue weighted by Gasteiger charge is -2.18. The van der Waals surface area contributed by atoms with Crippen LogP contribution >= 0.6 is 38.9 Å². The van der Waals surface area contributed by atoms with Gasteiger partial charge in [0, 0.05) is 19.7 Å². The molecular weight excluding hydrogens is 316 g/mol. The van der Waals surface area contributed by atoms with Gasteiger partial charge in [-0.3, -0.25) is 4.79 Å². The van der Waals surface area contributed by atoms with Gasteiger partial charge in [0.2, 0.25) is 0 Å². The first kappa shape index (κ1) is 12.3. The van der Waals surface area contributed by atoms with E-state index in [1.54, 1.807) is 4.90 Å². The normalized spacial score (nSPS) is 17.2. The summed E-state index contributed by atoms with van der Waals surface area (Å²) in [6.07, 6.45) is 0.856. The van der Waals surface area contributed by atoms with Gasteiger partial charge in [-0.2, -0.15) is 0 Å². The Morgan fingerprint density at radius 1 is 1.50 bits per heavy atom. The highest BCUT2D eigenvalue weighted by Gasteiger charge is 2.23. The molecule has 1 aliphatic heterocycles. The number of thiazole rings is 1. The molecule has 1 aromatic heterocycles. The summed E-state index contributed by atoms with van der Waals surface area (Å²) in [5, 5.41) is 0. The third-order valence-electron chi connectivity index (χ3n) is 2.27. The van der Waals surface area contributed by atoms with Crippen molar-refractivity contribution < 1.29 is 9.53 Å². The van der Waals surface area contributed by atoms with Gasteiger partial charge in [-0.05, 0) is 22.4 Å². The number of halogens is 2. The molecule has 0 saturated carbocycles. The number of amides is 1. The van der Waals surface area contributed by atoms with E-state index >= 15 is 0 Å². The molecule has 0 unspecified atom stereocenters. The second-order valence-corrected chi connectivity index (χ2v) is 6.22. The second kappa shape index (κ2) is 5.44. The van der Waals surface area contributed by atoms with E-state index in [0.717, 1.165) is 6.42 Å². The van der Waals surface area contributed by atoms with Gasteiger partial charge in [-0.15, -0.1) is 0 Å². The number of carbonyl (C=O) groups excluding carboxylic acids is 1. The van der Waals surface area contributed by atoms with Crippen molar-refractivity contribution >= 4 is 44.8 Å². The molecule has 0 atom stereocenters. The van der Waals surface area contributed by atoms with Crippen molar-refractivity contribution in [3.05, 3.63) is 13.9 Å². The van der Waals surface area contributed by atoms with Gasteiger partial charge in [0.25, 0.3) is 5.91 Å². The minimum atomic E-state index is -0.113. The molecule has 0 N–H and O–H groups in total. The van der Waals surface area contributed by atoms with Crippen molar-refractivity contribution in [2.45, 2.75) is 6.42 Å². The lowest BCUT2D eigenvalue weighted by atomic mass is 10.3. The fraction of sp³-hybridized carbons (Fsp3) is 0.556. The van der Waals surface area contributed by atoms with Crippen LogP contribution in [-0.2, 0) is 4.74 Å². The van der Waals surface area contributed by atoms with Gasteiger partial charge < -0.3 is 9.64 Å². The summed E-state index contributed by atoms with van der Waals surface area (Å²) >= 11 is 10.4. The molecule has 16 heavy (non-hydrogen) atoms. The van der Waals surface area contributed by atoms with Crippen molar-refractivity contribution in [1.29, 1.82) is 0 Å². The molecular formula is C9H10BrClN2O2S. The Kier molecular flexibility index (Phi) is 4.18. The van der Waals surface area contributed by atoms with Crippen LogP contribution in [0, 0.1) is 0 Å². The molecule has 7 heteroatoms. The molecule has 4 nitrogen and oxygen atoms in total. The van der Waals surface area contributed by atoms with Crippen LogP contribution in [0.25, 0.3) is 0 Å². The summed E-state index contributed by atoms with van der Waals surface area (Å²) in [6, 6.07) is 0. The lowest BCUT2D eigenvalue weighted by Crippen LogP contribution is -2.33. The summed E-state index contributed by atoms with van der Waals surface area (Å²) in [7, 11) is 0. The summed E-state index contributed by atoms with van der Waals surface area (Å²) < 4.78 is 6.36. The Bertz CT molecular complexity index is 391. The SMILES string of the molecule is O=C(c1nc(Br)sc1Cl)N1CCCOCC1. The van der Waals surface area contributed by atoms with E-state index < -0.39 is 0 Å². The topological polar surface area (TPSA) is 42.4 Å². The fourth-order valence-corrected chi connectivity index (χ4v) is 3.31. The predicted molar refractivity (Wildman–Crippen MR) is 66.2 cm³/mol. The highest BCUT2D eigenvalue weighted by Crippen LogP contribution is 2.28. The zero-order valence-electron chi connectivity index (χ0n) is 8.41. The highest BCUT2D eigenvalue weighted by atomic mass is 79.9. The van der Waals surface area contributed by atoms with E-state index in [4.69, 9.17) is 16.3 Å². The first-order valence-electron chi connectivity index (χ1n) is 4.87. The molecule has 2 rings (SSSR count). The third-order valence-corrected chi connectivity index (χ3v) is 3.98. The predicted octanol–water partition coefficient (Wildman–Crippen LogP) is 2.42. The molecule has 1 aromatic rings. The van der Waals surface area contributed by atoms with Crippen molar-refractivity contribution in [1.82, 2.24) is 9.88 Å². The number of hydrogen-bond acceptors (Lipinski definition) is 4. The van der Waals surface area contributed by atoms with E-state index in [9.17, 15) is 4.79 Å². The van der Waals surface area contributed by atoms with Crippen molar-refractivity contribution in [2.75, 3.05) is 26.3 Å². The van der Waals surface area contributed by atoms with Crippen molar-refractivity contribution in [3.8, 4) is 0 Å². The molecule has 2 heterocycles. The quantitative estimate of drug-likeness (QED) is 0.796. The lowest BCUT2D eigenvalue weighted by molar-refractivity contribution is 0.0736. The Morgan fingerprint density at radius 2 is 2.31 bits per heavy atom. The van der Waals surface area contributed by atoms with Gasteiger partial charge in [0.15, 0.2) is 9.61 Å². The van der Waals surface area contributed by atoms with E-state index in [2.05, 4.69) is 20.9 Å². The van der Waals surface area contributed by atoms with E-state index in [0.29, 0.717) is 40.3 Å². The van der Waals surface area contributed by atoms with Gasteiger partial charge >= 0.3 is 0 Å². The molecule has 1 saturated heterocycles. The minimum absolute atomic E-state index is 0.113. The Morgan fingerprint density at radius 3 is 3.00 bits per heavy atom. The molecule has 1 amide bonds. The van der Waals surface area contributed by atoms with Gasteiger partial charge in [0.1, 0.15) is 4.34 Å². The Labute approximate surface area is 111 Å². The largest absolute Gasteiger partial charge is 0.380 e. The molecule has 0 aromatic carbocycles.